The van der Waals surface area contributed by atoms with Gasteiger partial charge < -0.3 is 9.47 Å². The molecule has 0 saturated heterocycles. The van der Waals surface area contributed by atoms with Gasteiger partial charge >= 0.3 is 11.9 Å². The molecule has 4 rings (SSSR count). The Morgan fingerprint density at radius 3 is 2.62 bits per heavy atom. The molecule has 2 heterocycles. The molecule has 1 aliphatic carbocycles. The molecule has 1 atom stereocenters. The number of para-hydroxylation sites is 1. The number of thiazole rings is 1. The van der Waals surface area contributed by atoms with E-state index in [2.05, 4.69) is 10.3 Å². The van der Waals surface area contributed by atoms with Crippen LogP contribution in [0, 0.1) is 6.92 Å². The molecule has 9 heteroatoms. The van der Waals surface area contributed by atoms with E-state index in [0.717, 1.165) is 59.2 Å². The summed E-state index contributed by atoms with van der Waals surface area (Å²) in [6.07, 6.45) is 2.89. The van der Waals surface area contributed by atoms with Gasteiger partial charge in [-0.2, -0.15) is 0 Å². The fourth-order valence-electron chi connectivity index (χ4n) is 4.14. The van der Waals surface area contributed by atoms with Crippen molar-refractivity contribution in [2.45, 2.75) is 59.0 Å². The summed E-state index contributed by atoms with van der Waals surface area (Å²) in [7, 11) is 0. The van der Waals surface area contributed by atoms with Crippen molar-refractivity contribution in [2.24, 2.45) is 0 Å². The number of esters is 2. The second kappa shape index (κ2) is 10.3. The van der Waals surface area contributed by atoms with Crippen LogP contribution in [0.4, 0.5) is 5.13 Å². The molecule has 0 radical (unpaired) electrons. The van der Waals surface area contributed by atoms with Crippen molar-refractivity contribution >= 4 is 45.2 Å². The third-order valence-electron chi connectivity index (χ3n) is 5.77. The van der Waals surface area contributed by atoms with Crippen LogP contribution in [0.1, 0.15) is 70.1 Å². The molecule has 0 saturated carbocycles. The van der Waals surface area contributed by atoms with Crippen LogP contribution < -0.4 is 5.32 Å². The second-order valence-corrected chi connectivity index (χ2v) is 9.08. The van der Waals surface area contributed by atoms with Gasteiger partial charge in [0.25, 0.3) is 5.91 Å². The third-order valence-corrected chi connectivity index (χ3v) is 6.83. The predicted molar refractivity (Wildman–Crippen MR) is 129 cm³/mol. The first kappa shape index (κ1) is 23.8. The van der Waals surface area contributed by atoms with Gasteiger partial charge in [-0.1, -0.05) is 36.5 Å². The van der Waals surface area contributed by atoms with Crippen LogP contribution in [0.5, 0.6) is 0 Å². The minimum Gasteiger partial charge on any atom is -0.462 e. The van der Waals surface area contributed by atoms with Crippen LogP contribution in [0.2, 0.25) is 0 Å². The van der Waals surface area contributed by atoms with Gasteiger partial charge in [0.1, 0.15) is 4.88 Å². The van der Waals surface area contributed by atoms with Crippen LogP contribution in [0.3, 0.4) is 0 Å². The first-order valence-electron chi connectivity index (χ1n) is 11.5. The number of amides is 1. The Morgan fingerprint density at radius 1 is 1.09 bits per heavy atom. The Kier molecular flexibility index (Phi) is 7.21. The van der Waals surface area contributed by atoms with E-state index in [1.165, 1.54) is 0 Å². The molecule has 1 amide bonds. The van der Waals surface area contributed by atoms with Crippen LogP contribution >= 0.6 is 11.3 Å². The molecule has 1 unspecified atom stereocenters. The molecule has 1 aliphatic rings. The van der Waals surface area contributed by atoms with E-state index in [4.69, 9.17) is 14.5 Å². The SMILES string of the molecule is CCOC(=O)c1sc(NC(=O)C(CC)OC(=O)c2c3c(nc4ccccc24)CCCC3)nc1C. The molecule has 1 aromatic carbocycles. The number of ether oxygens (including phenoxy) is 2. The zero-order valence-electron chi connectivity index (χ0n) is 19.5. The van der Waals surface area contributed by atoms with Crippen molar-refractivity contribution in [1.29, 1.82) is 0 Å². The quantitative estimate of drug-likeness (QED) is 0.490. The molecule has 0 bridgehead atoms. The fourth-order valence-corrected chi connectivity index (χ4v) is 5.00. The smallest absolute Gasteiger partial charge is 0.350 e. The summed E-state index contributed by atoms with van der Waals surface area (Å²) >= 11 is 1.03. The average molecular weight is 482 g/mol. The first-order chi connectivity index (χ1) is 16.4. The lowest BCUT2D eigenvalue weighted by molar-refractivity contribution is -0.124. The van der Waals surface area contributed by atoms with Crippen molar-refractivity contribution in [2.75, 3.05) is 11.9 Å². The van der Waals surface area contributed by atoms with Gasteiger partial charge in [-0.15, -0.1) is 0 Å². The monoisotopic (exact) mass is 481 g/mol. The molecule has 0 aliphatic heterocycles. The van der Waals surface area contributed by atoms with Crippen LogP contribution in [-0.2, 0) is 27.1 Å². The maximum atomic E-state index is 13.4. The highest BCUT2D eigenvalue weighted by Gasteiger charge is 2.28. The number of benzene rings is 1. The Bertz CT molecular complexity index is 1250. The van der Waals surface area contributed by atoms with E-state index in [0.29, 0.717) is 16.1 Å². The molecule has 0 fully saturated rings. The van der Waals surface area contributed by atoms with Crippen LogP contribution in [0.25, 0.3) is 10.9 Å². The lowest BCUT2D eigenvalue weighted by Gasteiger charge is -2.21. The zero-order chi connectivity index (χ0) is 24.2. The van der Waals surface area contributed by atoms with E-state index in [1.807, 2.05) is 24.3 Å². The fraction of sp³-hybridized carbons (Fsp3) is 0.400. The number of anilines is 1. The highest BCUT2D eigenvalue weighted by Crippen LogP contribution is 2.30. The Balaban J connectivity index is 1.56. The van der Waals surface area contributed by atoms with Crippen molar-refractivity contribution in [3.63, 3.8) is 0 Å². The van der Waals surface area contributed by atoms with Gasteiger partial charge in [0.05, 0.1) is 23.4 Å². The summed E-state index contributed by atoms with van der Waals surface area (Å²) in [6.45, 7) is 5.42. The predicted octanol–water partition coefficient (Wildman–Crippen LogP) is 4.63. The highest BCUT2D eigenvalue weighted by molar-refractivity contribution is 7.17. The van der Waals surface area contributed by atoms with Crippen LogP contribution in [0.15, 0.2) is 24.3 Å². The number of carbonyl (C=O) groups excluding carboxylic acids is 3. The van der Waals surface area contributed by atoms with E-state index in [-0.39, 0.29) is 18.2 Å². The number of aryl methyl sites for hydroxylation is 2. The normalized spacial score (nSPS) is 13.7. The minimum atomic E-state index is -1.01. The standard InChI is InChI=1S/C25H27N3O5S/c1-4-19(22(29)28-25-26-14(3)21(34-25)24(31)32-5-2)33-23(30)20-15-10-6-8-12-17(15)27-18-13-9-7-11-16(18)20/h6,8,10,12,19H,4-5,7,9,11,13H2,1-3H3,(H,26,28,29). The van der Waals surface area contributed by atoms with E-state index >= 15 is 0 Å². The number of hydrogen-bond donors (Lipinski definition) is 1. The van der Waals surface area contributed by atoms with E-state index in [1.54, 1.807) is 20.8 Å². The maximum Gasteiger partial charge on any atom is 0.350 e. The lowest BCUT2D eigenvalue weighted by Crippen LogP contribution is -2.32. The van der Waals surface area contributed by atoms with Crippen LogP contribution in [-0.4, -0.2) is 40.5 Å². The molecule has 8 nitrogen and oxygen atoms in total. The molecule has 178 valence electrons. The lowest BCUT2D eigenvalue weighted by atomic mass is 9.90. The number of hydrogen-bond acceptors (Lipinski definition) is 8. The molecular weight excluding hydrogens is 454 g/mol. The average Bonchev–Trinajstić information content (AvgIpc) is 3.20. The number of nitrogens with zero attached hydrogens (tertiary/aromatic N) is 2. The Hall–Kier alpha value is -3.33. The van der Waals surface area contributed by atoms with Gasteiger partial charge in [0.2, 0.25) is 0 Å². The van der Waals surface area contributed by atoms with Crippen molar-refractivity contribution in [3.8, 4) is 0 Å². The summed E-state index contributed by atoms with van der Waals surface area (Å²) in [5.41, 5.74) is 3.57. The van der Waals surface area contributed by atoms with E-state index < -0.39 is 23.9 Å². The van der Waals surface area contributed by atoms with Gasteiger partial charge in [0.15, 0.2) is 11.2 Å². The topological polar surface area (TPSA) is 107 Å². The van der Waals surface area contributed by atoms with Crippen molar-refractivity contribution in [3.05, 3.63) is 51.7 Å². The number of fused-ring (bicyclic) bond motifs is 2. The first-order valence-corrected chi connectivity index (χ1v) is 12.3. The Morgan fingerprint density at radius 2 is 1.85 bits per heavy atom. The molecule has 34 heavy (non-hydrogen) atoms. The summed E-state index contributed by atoms with van der Waals surface area (Å²) in [5, 5.41) is 3.67. The summed E-state index contributed by atoms with van der Waals surface area (Å²) in [6, 6.07) is 7.51. The number of rotatable bonds is 7. The molecule has 2 aromatic heterocycles. The molecule has 1 N–H and O–H groups in total. The molecule has 0 spiro atoms. The minimum absolute atomic E-state index is 0.249. The van der Waals surface area contributed by atoms with Gasteiger partial charge in [-0.3, -0.25) is 15.1 Å². The largest absolute Gasteiger partial charge is 0.462 e. The second-order valence-electron chi connectivity index (χ2n) is 8.08. The summed E-state index contributed by atoms with van der Waals surface area (Å²) in [5.74, 6) is -1.50. The number of pyridine rings is 1. The van der Waals surface area contributed by atoms with Gasteiger partial charge in [-0.25, -0.2) is 14.6 Å². The highest BCUT2D eigenvalue weighted by atomic mass is 32.1. The molecular formula is C25H27N3O5S. The number of nitrogens with one attached hydrogen (secondary N) is 1. The summed E-state index contributed by atoms with van der Waals surface area (Å²) < 4.78 is 10.7. The van der Waals surface area contributed by atoms with Crippen molar-refractivity contribution < 1.29 is 23.9 Å². The third kappa shape index (κ3) is 4.79. The van der Waals surface area contributed by atoms with Crippen molar-refractivity contribution in [1.82, 2.24) is 9.97 Å². The molecule has 3 aromatic rings. The van der Waals surface area contributed by atoms with Gasteiger partial charge in [-0.05, 0) is 57.6 Å². The number of aromatic nitrogens is 2. The summed E-state index contributed by atoms with van der Waals surface area (Å²) in [4.78, 5) is 47.7. The zero-order valence-corrected chi connectivity index (χ0v) is 20.3. The number of carbonyl (C=O) groups is 3. The van der Waals surface area contributed by atoms with Gasteiger partial charge in [0, 0.05) is 11.1 Å². The van der Waals surface area contributed by atoms with E-state index in [9.17, 15) is 14.4 Å². The maximum absolute atomic E-state index is 13.4. The Labute approximate surface area is 201 Å².